The lowest BCUT2D eigenvalue weighted by atomic mass is 9.90. The minimum absolute atomic E-state index is 0.0869. The van der Waals surface area contributed by atoms with E-state index in [1.54, 1.807) is 30.8 Å². The van der Waals surface area contributed by atoms with E-state index in [1.165, 1.54) is 6.07 Å². The number of benzene rings is 1. The quantitative estimate of drug-likeness (QED) is 0.503. The summed E-state index contributed by atoms with van der Waals surface area (Å²) in [6.07, 6.45) is 0. The van der Waals surface area contributed by atoms with Crippen LogP contribution in [0.3, 0.4) is 0 Å². The van der Waals surface area contributed by atoms with Crippen LogP contribution >= 0.6 is 11.8 Å². The second-order valence-corrected chi connectivity index (χ2v) is 9.70. The molecule has 1 aromatic carbocycles. The van der Waals surface area contributed by atoms with Gasteiger partial charge in [-0.25, -0.2) is 0 Å². The second kappa shape index (κ2) is 8.53. The first-order chi connectivity index (χ1) is 12.9. The van der Waals surface area contributed by atoms with Gasteiger partial charge in [-0.2, -0.15) is 11.8 Å². The summed E-state index contributed by atoms with van der Waals surface area (Å²) in [4.78, 5) is 26.4. The van der Waals surface area contributed by atoms with Crippen LogP contribution in [0.1, 0.15) is 49.8 Å². The monoisotopic (exact) mass is 407 g/mol. The van der Waals surface area contributed by atoms with Crippen molar-refractivity contribution in [1.29, 1.82) is 0 Å². The topological polar surface area (TPSA) is 81.5 Å². The fourth-order valence-electron chi connectivity index (χ4n) is 2.89. The first-order valence-corrected chi connectivity index (χ1v) is 10.3. The fourth-order valence-corrected chi connectivity index (χ4v) is 4.09. The highest BCUT2D eigenvalue weighted by atomic mass is 32.2. The Labute approximate surface area is 169 Å². The molecular weight excluding hydrogens is 378 g/mol. The van der Waals surface area contributed by atoms with Gasteiger partial charge in [0.05, 0.1) is 10.5 Å². The van der Waals surface area contributed by atoms with Gasteiger partial charge < -0.3 is 9.42 Å². The summed E-state index contributed by atoms with van der Waals surface area (Å²) < 4.78 is 7.03. The van der Waals surface area contributed by atoms with Gasteiger partial charge in [-0.15, -0.1) is 4.74 Å². The molecule has 28 heavy (non-hydrogen) atoms. The maximum atomic E-state index is 13.3. The zero-order valence-corrected chi connectivity index (χ0v) is 18.4. The summed E-state index contributed by atoms with van der Waals surface area (Å²) in [5.74, 6) is 1.43. The molecule has 0 spiro atoms. The van der Waals surface area contributed by atoms with Crippen molar-refractivity contribution in [2.75, 3.05) is 26.4 Å². The first kappa shape index (κ1) is 22.2. The number of hydrogen-bond acceptors (Lipinski definition) is 6. The van der Waals surface area contributed by atoms with Gasteiger partial charge in [-0.1, -0.05) is 26.8 Å². The Bertz CT molecular complexity index is 909. The van der Waals surface area contributed by atoms with Gasteiger partial charge >= 0.3 is 0 Å². The lowest BCUT2D eigenvalue weighted by molar-refractivity contribution is -0.384. The molecule has 154 valence electrons. The fraction of sp³-hybridized carbons (Fsp3) is 0.550. The Kier molecular flexibility index (Phi) is 6.77. The Morgan fingerprint density at radius 1 is 1.32 bits per heavy atom. The molecule has 7 nitrogen and oxygen atoms in total. The molecule has 0 saturated carbocycles. The predicted octanol–water partition coefficient (Wildman–Crippen LogP) is 4.30. The van der Waals surface area contributed by atoms with Crippen molar-refractivity contribution in [3.8, 4) is 5.69 Å². The minimum atomic E-state index is -0.483. The Balaban J connectivity index is 2.59. The maximum absolute atomic E-state index is 13.3. The molecule has 0 radical (unpaired) electrons. The molecule has 2 rings (SSSR count). The van der Waals surface area contributed by atoms with E-state index in [-0.39, 0.29) is 22.2 Å². The highest BCUT2D eigenvalue weighted by Crippen LogP contribution is 2.36. The largest absolute Gasteiger partial charge is 0.375 e. The minimum Gasteiger partial charge on any atom is -0.375 e. The average Bonchev–Trinajstić information content (AvgIpc) is 2.92. The van der Waals surface area contributed by atoms with Gasteiger partial charge in [-0.05, 0) is 39.6 Å². The van der Waals surface area contributed by atoms with Crippen molar-refractivity contribution < 1.29 is 9.45 Å². The second-order valence-electron chi connectivity index (χ2n) is 8.25. The number of rotatable bonds is 7. The van der Waals surface area contributed by atoms with Crippen LogP contribution in [0.15, 0.2) is 27.5 Å². The van der Waals surface area contributed by atoms with Crippen molar-refractivity contribution in [1.82, 2.24) is 9.64 Å². The van der Waals surface area contributed by atoms with Crippen LogP contribution in [0.5, 0.6) is 0 Å². The van der Waals surface area contributed by atoms with E-state index in [2.05, 4.69) is 4.90 Å². The third kappa shape index (κ3) is 4.86. The molecule has 1 unspecified atom stereocenters. The van der Waals surface area contributed by atoms with Gasteiger partial charge in [0.15, 0.2) is 5.69 Å². The van der Waals surface area contributed by atoms with E-state index in [9.17, 15) is 14.9 Å². The zero-order chi connectivity index (χ0) is 21.2. The summed E-state index contributed by atoms with van der Waals surface area (Å²) in [7, 11) is 4.01. The highest BCUT2D eigenvalue weighted by Gasteiger charge is 2.32. The number of nitro benzene ring substituents is 1. The molecule has 0 fully saturated rings. The molecule has 2 aromatic rings. The molecule has 0 amide bonds. The molecule has 0 aliphatic heterocycles. The van der Waals surface area contributed by atoms with Crippen molar-refractivity contribution >= 4 is 17.4 Å². The van der Waals surface area contributed by atoms with Crippen LogP contribution < -0.4 is 5.56 Å². The number of aromatic nitrogens is 1. The number of aryl methyl sites for hydroxylation is 1. The lowest BCUT2D eigenvalue weighted by Crippen LogP contribution is -2.21. The van der Waals surface area contributed by atoms with Crippen LogP contribution in [0.2, 0.25) is 0 Å². The molecule has 8 heteroatoms. The van der Waals surface area contributed by atoms with E-state index >= 15 is 0 Å². The Morgan fingerprint density at radius 2 is 1.96 bits per heavy atom. The summed E-state index contributed by atoms with van der Waals surface area (Å²) >= 11 is 1.67. The van der Waals surface area contributed by atoms with E-state index in [4.69, 9.17) is 4.52 Å². The molecule has 0 saturated heterocycles. The van der Waals surface area contributed by atoms with Crippen LogP contribution in [0.4, 0.5) is 5.69 Å². The summed E-state index contributed by atoms with van der Waals surface area (Å²) in [5, 5.41) is 11.4. The summed E-state index contributed by atoms with van der Waals surface area (Å²) in [6, 6.07) is 4.76. The molecule has 1 aromatic heterocycles. The van der Waals surface area contributed by atoms with Gasteiger partial charge in [0, 0.05) is 29.0 Å². The third-order valence-electron chi connectivity index (χ3n) is 4.38. The zero-order valence-electron chi connectivity index (χ0n) is 17.6. The molecule has 0 N–H and O–H groups in total. The number of nitrogens with zero attached hydrogens (tertiary/aromatic N) is 3. The van der Waals surface area contributed by atoms with Crippen molar-refractivity contribution in [2.45, 2.75) is 45.3 Å². The van der Waals surface area contributed by atoms with E-state index in [0.717, 1.165) is 22.6 Å². The molecule has 0 aliphatic carbocycles. The highest BCUT2D eigenvalue weighted by molar-refractivity contribution is 7.99. The average molecular weight is 408 g/mol. The number of nitro groups is 1. The Hall–Kier alpha value is -2.06. The van der Waals surface area contributed by atoms with Crippen molar-refractivity contribution in [2.24, 2.45) is 0 Å². The maximum Gasteiger partial charge on any atom is 0.296 e. The smallest absolute Gasteiger partial charge is 0.296 e. The van der Waals surface area contributed by atoms with Gasteiger partial charge in [0.1, 0.15) is 5.76 Å². The molecule has 1 heterocycles. The third-order valence-corrected chi connectivity index (χ3v) is 5.54. The van der Waals surface area contributed by atoms with Crippen LogP contribution in [0, 0.1) is 17.0 Å². The van der Waals surface area contributed by atoms with Crippen molar-refractivity contribution in [3.63, 3.8) is 0 Å². The predicted molar refractivity (Wildman–Crippen MR) is 114 cm³/mol. The van der Waals surface area contributed by atoms with E-state index in [0.29, 0.717) is 11.3 Å². The van der Waals surface area contributed by atoms with Gasteiger partial charge in [0.2, 0.25) is 0 Å². The van der Waals surface area contributed by atoms with Gasteiger partial charge in [-0.3, -0.25) is 14.9 Å². The normalized spacial score (nSPS) is 13.1. The lowest BCUT2D eigenvalue weighted by Gasteiger charge is -2.19. The molecule has 0 bridgehead atoms. The molecule has 0 aliphatic rings. The molecule has 1 atom stereocenters. The van der Waals surface area contributed by atoms with Gasteiger partial charge in [0.25, 0.3) is 11.2 Å². The van der Waals surface area contributed by atoms with Crippen molar-refractivity contribution in [3.05, 3.63) is 55.6 Å². The number of thioether (sulfide) groups is 1. The van der Waals surface area contributed by atoms with E-state index in [1.807, 2.05) is 41.8 Å². The molecular formula is C20H29N3O4S. The van der Waals surface area contributed by atoms with Crippen LogP contribution in [0.25, 0.3) is 5.69 Å². The number of hydrogen-bond donors (Lipinski definition) is 0. The van der Waals surface area contributed by atoms with Crippen LogP contribution in [-0.2, 0) is 5.41 Å². The summed E-state index contributed by atoms with van der Waals surface area (Å²) in [5.41, 5.74) is 0.598. The van der Waals surface area contributed by atoms with Crippen LogP contribution in [-0.4, -0.2) is 41.0 Å². The SMILES string of the molecule is Cc1ccc(-n2oc(C(C)(C)C)c(C(C)SCCN(C)C)c2=O)c([N+](=O)[O-])c1. The standard InChI is InChI=1S/C20H29N3O4S/c1-13-8-9-15(16(12-13)23(25)26)22-19(24)17(18(27-22)20(3,4)5)14(2)28-11-10-21(6)7/h8-9,12,14H,10-11H2,1-7H3. The Morgan fingerprint density at radius 3 is 2.50 bits per heavy atom. The van der Waals surface area contributed by atoms with E-state index < -0.39 is 10.3 Å². The summed E-state index contributed by atoms with van der Waals surface area (Å²) in [6.45, 7) is 10.6. The first-order valence-electron chi connectivity index (χ1n) is 9.22.